The predicted molar refractivity (Wildman–Crippen MR) is 26.4 cm³/mol. The molecule has 6 heteroatoms. The third kappa shape index (κ3) is 46.2. The molecule has 0 N–H and O–H groups in total. The molecular formula is C5H6O5Ru+. The molecule has 0 unspecified atom stereocenters. The molecule has 5 nitrogen and oxygen atoms in total. The molecule has 0 spiro atoms. The minimum absolute atomic E-state index is 0. The molecule has 0 heterocycles. The maximum absolute atomic E-state index is 9.48. The van der Waals surface area contributed by atoms with Crippen molar-refractivity contribution in [3.8, 4) is 0 Å². The predicted octanol–water partition coefficient (Wildman–Crippen LogP) is -2.92. The summed E-state index contributed by atoms with van der Waals surface area (Å²) >= 11 is 0. The average molecular weight is 247 g/mol. The molecule has 0 saturated heterocycles. The molecular weight excluding hydrogens is 241 g/mol. The second-order valence-electron chi connectivity index (χ2n) is 1.34. The van der Waals surface area contributed by atoms with Gasteiger partial charge in [-0.3, -0.25) is 4.79 Å². The van der Waals surface area contributed by atoms with Crippen LogP contribution in [0.25, 0.3) is 0 Å². The number of rotatable bonds is 1. The van der Waals surface area contributed by atoms with Gasteiger partial charge in [0.25, 0.3) is 0 Å². The van der Waals surface area contributed by atoms with E-state index in [0.29, 0.717) is 0 Å². The van der Waals surface area contributed by atoms with Gasteiger partial charge in [-0.15, -0.1) is 0 Å². The molecule has 0 aliphatic carbocycles. The Morgan fingerprint density at radius 3 is 1.09 bits per heavy atom. The zero-order valence-electron chi connectivity index (χ0n) is 5.89. The van der Waals surface area contributed by atoms with Crippen molar-refractivity contribution >= 4 is 17.7 Å². The smallest absolute Gasteiger partial charge is 0.550 e. The molecule has 11 heavy (non-hydrogen) atoms. The fourth-order valence-electron chi connectivity index (χ4n) is 0. The van der Waals surface area contributed by atoms with Crippen molar-refractivity contribution in [2.24, 2.45) is 0 Å². The van der Waals surface area contributed by atoms with Crippen molar-refractivity contribution in [1.82, 2.24) is 0 Å². The van der Waals surface area contributed by atoms with Gasteiger partial charge in [0, 0.05) is 12.9 Å². The molecule has 0 aliphatic heterocycles. The fourth-order valence-corrected chi connectivity index (χ4v) is 0. The number of hydrogen-bond acceptors (Lipinski definition) is 5. The van der Waals surface area contributed by atoms with Crippen LogP contribution in [0.2, 0.25) is 0 Å². The summed E-state index contributed by atoms with van der Waals surface area (Å²) in [6.45, 7) is 1.91. The number of carbonyl (C=O) groups is 3. The first-order valence-electron chi connectivity index (χ1n) is 2.27. The summed E-state index contributed by atoms with van der Waals surface area (Å²) in [4.78, 5) is 27.6. The average Bonchev–Trinajstić information content (AvgIpc) is 1.63. The number of hydrogen-bond donors (Lipinski definition) is 0. The van der Waals surface area contributed by atoms with E-state index in [4.69, 9.17) is 9.90 Å². The van der Waals surface area contributed by atoms with Gasteiger partial charge in [-0.25, -0.2) is 0 Å². The maximum atomic E-state index is 9.48. The molecule has 0 aromatic carbocycles. The summed E-state index contributed by atoms with van der Waals surface area (Å²) in [5, 5.41) is 18.1. The second kappa shape index (κ2) is 9.23. The number of carboxylic acid groups (broad SMARTS) is 2. The van der Waals surface area contributed by atoms with Crippen LogP contribution in [0.4, 0.5) is 0 Å². The topological polar surface area (TPSA) is 97.3 Å². The van der Waals surface area contributed by atoms with Crippen LogP contribution in [-0.2, 0) is 33.9 Å². The van der Waals surface area contributed by atoms with E-state index in [-0.39, 0.29) is 19.5 Å². The maximum Gasteiger partial charge on any atom is 3.00 e. The molecule has 0 saturated carbocycles. The van der Waals surface area contributed by atoms with E-state index in [0.717, 1.165) is 13.8 Å². The molecule has 0 bridgehead atoms. The van der Waals surface area contributed by atoms with E-state index in [1.807, 2.05) is 0 Å². The van der Waals surface area contributed by atoms with Crippen LogP contribution in [0.5, 0.6) is 0 Å². The molecule has 63 valence electrons. The van der Waals surface area contributed by atoms with Crippen LogP contribution in [0.3, 0.4) is 0 Å². The third-order valence-corrected chi connectivity index (χ3v) is 0.287. The van der Waals surface area contributed by atoms with Crippen LogP contribution in [0.15, 0.2) is 0 Å². The molecule has 0 aromatic rings. The van der Waals surface area contributed by atoms with Crippen LogP contribution < -0.4 is 10.2 Å². The summed E-state index contributed by atoms with van der Waals surface area (Å²) in [6, 6.07) is 0. The van der Waals surface area contributed by atoms with Gasteiger partial charge in [0.15, 0.2) is 5.78 Å². The Morgan fingerprint density at radius 2 is 1.09 bits per heavy atom. The molecule has 0 amide bonds. The van der Waals surface area contributed by atoms with Crippen molar-refractivity contribution in [2.75, 3.05) is 0 Å². The van der Waals surface area contributed by atoms with E-state index in [1.165, 1.54) is 0 Å². The van der Waals surface area contributed by atoms with E-state index in [2.05, 4.69) is 0 Å². The summed E-state index contributed by atoms with van der Waals surface area (Å²) in [5.74, 6) is -3.65. The van der Waals surface area contributed by atoms with Gasteiger partial charge in [-0.2, -0.15) is 0 Å². The van der Waals surface area contributed by atoms with Gasteiger partial charge in [-0.1, -0.05) is 0 Å². The third-order valence-electron chi connectivity index (χ3n) is 0.287. The Morgan fingerprint density at radius 1 is 1.00 bits per heavy atom. The molecule has 0 rings (SSSR count). The first-order chi connectivity index (χ1) is 4.37. The van der Waals surface area contributed by atoms with Crippen molar-refractivity contribution < 1.29 is 44.1 Å². The number of carbonyl (C=O) groups excluding carboxylic acids is 3. The van der Waals surface area contributed by atoms with Crippen molar-refractivity contribution in [2.45, 2.75) is 13.8 Å². The van der Waals surface area contributed by atoms with Gasteiger partial charge in [0.1, 0.15) is 5.97 Å². The molecule has 0 aliphatic rings. The van der Waals surface area contributed by atoms with Crippen molar-refractivity contribution in [1.29, 1.82) is 0 Å². The minimum atomic E-state index is -1.63. The first kappa shape index (κ1) is 16.7. The van der Waals surface area contributed by atoms with Gasteiger partial charge >= 0.3 is 19.5 Å². The summed E-state index contributed by atoms with van der Waals surface area (Å²) in [7, 11) is 0. The fraction of sp³-hybridized carbons (Fsp3) is 0.400. The second-order valence-corrected chi connectivity index (χ2v) is 1.34. The number of Topliss-reactive ketones (excluding diaryl/α,β-unsaturated/α-hetero) is 1. The summed E-state index contributed by atoms with van der Waals surface area (Å²) in [5.41, 5.74) is 0. The van der Waals surface area contributed by atoms with E-state index < -0.39 is 17.7 Å². The SMILES string of the molecule is CC(=O)C(=O)[O-].CC(=O)[O-].[Ru+3]. The number of aliphatic carboxylic acids is 2. The van der Waals surface area contributed by atoms with Crippen LogP contribution in [0, 0.1) is 0 Å². The minimum Gasteiger partial charge on any atom is -0.550 e. The van der Waals surface area contributed by atoms with Crippen molar-refractivity contribution in [3.05, 3.63) is 0 Å². The Bertz CT molecular complexity index is 137. The monoisotopic (exact) mass is 248 g/mol. The van der Waals surface area contributed by atoms with Crippen molar-refractivity contribution in [3.63, 3.8) is 0 Å². The van der Waals surface area contributed by atoms with Gasteiger partial charge in [-0.05, 0) is 6.92 Å². The van der Waals surface area contributed by atoms with E-state index >= 15 is 0 Å². The van der Waals surface area contributed by atoms with Crippen LogP contribution in [-0.4, -0.2) is 17.7 Å². The standard InChI is InChI=1S/C3H4O3.C2H4O2.Ru/c1-2(4)3(5)6;1-2(3)4;/h1H3,(H,5,6);1H3,(H,3,4);/q;;+3/p-2. The number of carboxylic acids is 2. The summed E-state index contributed by atoms with van der Waals surface area (Å²) in [6.07, 6.45) is 0. The van der Waals surface area contributed by atoms with Gasteiger partial charge in [0.2, 0.25) is 0 Å². The van der Waals surface area contributed by atoms with Crippen LogP contribution >= 0.6 is 0 Å². The van der Waals surface area contributed by atoms with Gasteiger partial charge in [0.05, 0.1) is 0 Å². The number of ketones is 1. The zero-order valence-corrected chi connectivity index (χ0v) is 7.63. The first-order valence-corrected chi connectivity index (χ1v) is 2.27. The molecule has 0 fully saturated rings. The normalized spacial score (nSPS) is 6.36. The Balaban J connectivity index is -0.000000114. The molecule has 1 radical (unpaired) electrons. The Labute approximate surface area is 76.2 Å². The van der Waals surface area contributed by atoms with E-state index in [9.17, 15) is 14.7 Å². The van der Waals surface area contributed by atoms with Crippen LogP contribution in [0.1, 0.15) is 13.8 Å². The molecule has 0 aromatic heterocycles. The Hall–Kier alpha value is -0.767. The zero-order chi connectivity index (χ0) is 8.73. The van der Waals surface area contributed by atoms with E-state index in [1.54, 1.807) is 0 Å². The largest absolute Gasteiger partial charge is 3.00 e. The quantitative estimate of drug-likeness (QED) is 0.365. The molecule has 0 atom stereocenters. The van der Waals surface area contributed by atoms with Gasteiger partial charge < -0.3 is 19.8 Å². The summed E-state index contributed by atoms with van der Waals surface area (Å²) < 4.78 is 0. The Kier molecular flexibility index (Phi) is 14.0.